The molecule has 0 spiro atoms. The molecular formula is C10H20N2O4S. The van der Waals surface area contributed by atoms with Crippen molar-refractivity contribution < 1.29 is 17.9 Å². The molecular weight excluding hydrogens is 244 g/mol. The summed E-state index contributed by atoms with van der Waals surface area (Å²) in [6, 6.07) is -0.664. The lowest BCUT2D eigenvalue weighted by molar-refractivity contribution is -0.123. The molecule has 3 unspecified atom stereocenters. The smallest absolute Gasteiger partial charge is 0.237 e. The number of carbonyl (C=O) groups excluding carboxylic acids is 1. The number of hydrogen-bond donors (Lipinski definition) is 2. The first-order valence-electron chi connectivity index (χ1n) is 5.56. The van der Waals surface area contributed by atoms with E-state index in [4.69, 9.17) is 4.74 Å². The maximum absolute atomic E-state index is 11.8. The van der Waals surface area contributed by atoms with Crippen LogP contribution in [0.2, 0.25) is 0 Å². The maximum atomic E-state index is 11.8. The zero-order valence-electron chi connectivity index (χ0n) is 10.4. The quantitative estimate of drug-likeness (QED) is 0.659. The van der Waals surface area contributed by atoms with Crippen molar-refractivity contribution in [2.75, 3.05) is 25.7 Å². The van der Waals surface area contributed by atoms with E-state index in [1.165, 1.54) is 0 Å². The third kappa shape index (κ3) is 5.01. The van der Waals surface area contributed by atoms with Crippen LogP contribution in [0.25, 0.3) is 0 Å². The lowest BCUT2D eigenvalue weighted by Crippen LogP contribution is -2.46. The van der Waals surface area contributed by atoms with Gasteiger partial charge in [0.05, 0.1) is 17.9 Å². The molecule has 2 N–H and O–H groups in total. The van der Waals surface area contributed by atoms with Gasteiger partial charge in [0.15, 0.2) is 0 Å². The Hall–Kier alpha value is -0.660. The molecule has 0 radical (unpaired) electrons. The summed E-state index contributed by atoms with van der Waals surface area (Å²) in [7, 11) is -1.46. The van der Waals surface area contributed by atoms with E-state index in [9.17, 15) is 13.2 Å². The van der Waals surface area contributed by atoms with Crippen LogP contribution in [0.3, 0.4) is 0 Å². The fourth-order valence-corrected chi connectivity index (χ4v) is 2.91. The van der Waals surface area contributed by atoms with Gasteiger partial charge < -0.3 is 15.4 Å². The molecule has 0 aromatic rings. The minimum Gasteiger partial charge on any atom is -0.380 e. The first-order valence-corrected chi connectivity index (χ1v) is 7.62. The van der Waals surface area contributed by atoms with Crippen molar-refractivity contribution in [2.24, 2.45) is 0 Å². The number of rotatable bonds is 5. The van der Waals surface area contributed by atoms with Gasteiger partial charge in [-0.3, -0.25) is 4.79 Å². The Labute approximate surface area is 102 Å². The minimum absolute atomic E-state index is 0.0425. The van der Waals surface area contributed by atoms with E-state index in [-0.39, 0.29) is 29.8 Å². The van der Waals surface area contributed by atoms with Crippen LogP contribution in [-0.2, 0) is 19.4 Å². The van der Waals surface area contributed by atoms with Gasteiger partial charge in [-0.2, -0.15) is 0 Å². The normalized spacial score (nSPS) is 26.8. The first-order chi connectivity index (χ1) is 7.81. The summed E-state index contributed by atoms with van der Waals surface area (Å²) < 4.78 is 27.3. The number of nitrogens with one attached hydrogen (secondary N) is 2. The van der Waals surface area contributed by atoms with Crippen LogP contribution in [0.4, 0.5) is 0 Å². The Morgan fingerprint density at radius 1 is 1.59 bits per heavy atom. The summed E-state index contributed by atoms with van der Waals surface area (Å²) in [4.78, 5) is 11.8. The number of ether oxygens (including phenoxy) is 1. The van der Waals surface area contributed by atoms with Crippen LogP contribution in [-0.4, -0.2) is 58.2 Å². The highest BCUT2D eigenvalue weighted by molar-refractivity contribution is 7.90. The van der Waals surface area contributed by atoms with E-state index in [0.717, 1.165) is 6.26 Å². The average Bonchev–Trinajstić information content (AvgIpc) is 2.62. The molecule has 1 amide bonds. The minimum atomic E-state index is -3.07. The van der Waals surface area contributed by atoms with Gasteiger partial charge in [-0.05, 0) is 13.3 Å². The molecule has 100 valence electrons. The van der Waals surface area contributed by atoms with Crippen molar-refractivity contribution in [2.45, 2.75) is 31.5 Å². The van der Waals surface area contributed by atoms with Gasteiger partial charge in [0, 0.05) is 26.0 Å². The fraction of sp³-hybridized carbons (Fsp3) is 0.900. The highest BCUT2D eigenvalue weighted by atomic mass is 32.2. The number of carbonyl (C=O) groups is 1. The standard InChI is InChI=1S/C10H20N2O4S/c1-7(6-17(3,14)15)12-10(13)9-4-8(16-2)5-11-9/h7-9,11H,4-6H2,1-3H3,(H,12,13). The summed E-state index contributed by atoms with van der Waals surface area (Å²) in [5.41, 5.74) is 0. The summed E-state index contributed by atoms with van der Waals surface area (Å²) in [5.74, 6) is -0.209. The second kappa shape index (κ2) is 5.79. The van der Waals surface area contributed by atoms with Gasteiger partial charge in [-0.1, -0.05) is 0 Å². The van der Waals surface area contributed by atoms with Crippen LogP contribution in [0, 0.1) is 0 Å². The zero-order chi connectivity index (χ0) is 13.1. The van der Waals surface area contributed by atoms with Crippen molar-refractivity contribution in [1.82, 2.24) is 10.6 Å². The van der Waals surface area contributed by atoms with Gasteiger partial charge in [0.2, 0.25) is 5.91 Å². The van der Waals surface area contributed by atoms with Crippen LogP contribution < -0.4 is 10.6 Å². The molecule has 0 aromatic carbocycles. The topological polar surface area (TPSA) is 84.5 Å². The van der Waals surface area contributed by atoms with E-state index < -0.39 is 9.84 Å². The third-order valence-electron chi connectivity index (χ3n) is 2.68. The lowest BCUT2D eigenvalue weighted by Gasteiger charge is -2.16. The van der Waals surface area contributed by atoms with E-state index >= 15 is 0 Å². The Balaban J connectivity index is 2.39. The molecule has 3 atom stereocenters. The fourth-order valence-electron chi connectivity index (χ4n) is 1.92. The lowest BCUT2D eigenvalue weighted by atomic mass is 10.2. The van der Waals surface area contributed by atoms with Gasteiger partial charge in [0.1, 0.15) is 9.84 Å². The second-order valence-corrected chi connectivity index (χ2v) is 6.74. The van der Waals surface area contributed by atoms with Crippen LogP contribution in [0.15, 0.2) is 0 Å². The molecule has 1 fully saturated rings. The van der Waals surface area contributed by atoms with E-state index in [0.29, 0.717) is 13.0 Å². The summed E-state index contributed by atoms with van der Waals surface area (Å²) in [5, 5.41) is 5.73. The van der Waals surface area contributed by atoms with Crippen molar-refractivity contribution in [3.63, 3.8) is 0 Å². The first kappa shape index (κ1) is 14.4. The van der Waals surface area contributed by atoms with Crippen LogP contribution in [0.1, 0.15) is 13.3 Å². The molecule has 1 aliphatic heterocycles. The van der Waals surface area contributed by atoms with Crippen molar-refractivity contribution in [3.8, 4) is 0 Å². The van der Waals surface area contributed by atoms with Gasteiger partial charge in [-0.25, -0.2) is 8.42 Å². The largest absolute Gasteiger partial charge is 0.380 e. The predicted octanol–water partition coefficient (Wildman–Crippen LogP) is -1.09. The van der Waals surface area contributed by atoms with Gasteiger partial charge >= 0.3 is 0 Å². The third-order valence-corrected chi connectivity index (χ3v) is 3.79. The van der Waals surface area contributed by atoms with E-state index in [1.54, 1.807) is 14.0 Å². The highest BCUT2D eigenvalue weighted by Crippen LogP contribution is 2.09. The maximum Gasteiger partial charge on any atom is 0.237 e. The molecule has 1 rings (SSSR count). The summed E-state index contributed by atoms with van der Waals surface area (Å²) >= 11 is 0. The van der Waals surface area contributed by atoms with Crippen molar-refractivity contribution in [3.05, 3.63) is 0 Å². The number of methoxy groups -OCH3 is 1. The monoisotopic (exact) mass is 264 g/mol. The number of amides is 1. The molecule has 1 heterocycles. The molecule has 7 heteroatoms. The van der Waals surface area contributed by atoms with Crippen LogP contribution in [0.5, 0.6) is 0 Å². The van der Waals surface area contributed by atoms with E-state index in [2.05, 4.69) is 10.6 Å². The molecule has 0 bridgehead atoms. The Morgan fingerprint density at radius 2 is 2.24 bits per heavy atom. The molecule has 0 aromatic heterocycles. The zero-order valence-corrected chi connectivity index (χ0v) is 11.2. The molecule has 1 saturated heterocycles. The number of sulfone groups is 1. The average molecular weight is 264 g/mol. The number of hydrogen-bond acceptors (Lipinski definition) is 5. The second-order valence-electron chi connectivity index (χ2n) is 4.56. The van der Waals surface area contributed by atoms with Crippen molar-refractivity contribution in [1.29, 1.82) is 0 Å². The molecule has 6 nitrogen and oxygen atoms in total. The van der Waals surface area contributed by atoms with Gasteiger partial charge in [0.25, 0.3) is 0 Å². The predicted molar refractivity (Wildman–Crippen MR) is 64.5 cm³/mol. The highest BCUT2D eigenvalue weighted by Gasteiger charge is 2.30. The molecule has 0 aliphatic carbocycles. The SMILES string of the molecule is COC1CNC(C(=O)NC(C)CS(C)(=O)=O)C1. The molecule has 17 heavy (non-hydrogen) atoms. The Morgan fingerprint density at radius 3 is 2.71 bits per heavy atom. The van der Waals surface area contributed by atoms with Gasteiger partial charge in [-0.15, -0.1) is 0 Å². The molecule has 1 aliphatic rings. The van der Waals surface area contributed by atoms with Crippen LogP contribution >= 0.6 is 0 Å². The Bertz CT molecular complexity index is 369. The Kier molecular flexibility index (Phi) is 4.91. The molecule has 0 saturated carbocycles. The van der Waals surface area contributed by atoms with E-state index in [1.807, 2.05) is 0 Å². The van der Waals surface area contributed by atoms with Crippen molar-refractivity contribution >= 4 is 15.7 Å². The summed E-state index contributed by atoms with van der Waals surface area (Å²) in [6.45, 7) is 2.33. The summed E-state index contributed by atoms with van der Waals surface area (Å²) in [6.07, 6.45) is 1.83.